The molecular weight excluding hydrogens is 445 g/mol. The summed E-state index contributed by atoms with van der Waals surface area (Å²) in [6, 6.07) is 5.81. The number of halogens is 1. The SMILES string of the molecule is CCNC(=NCC(=O)NC(C)(C)C)NCCc1nnc2ccccn12.I. The molecule has 9 heteroatoms. The lowest BCUT2D eigenvalue weighted by atomic mass is 10.1. The van der Waals surface area contributed by atoms with Crippen molar-refractivity contribution in [2.24, 2.45) is 4.99 Å². The number of aliphatic imine (C=N–C) groups is 1. The van der Waals surface area contributed by atoms with Gasteiger partial charge in [-0.15, -0.1) is 34.2 Å². The molecule has 26 heavy (non-hydrogen) atoms. The summed E-state index contributed by atoms with van der Waals surface area (Å²) >= 11 is 0. The minimum atomic E-state index is -0.257. The van der Waals surface area contributed by atoms with Crippen molar-refractivity contribution >= 4 is 41.5 Å². The third kappa shape index (κ3) is 7.14. The van der Waals surface area contributed by atoms with Crippen molar-refractivity contribution in [3.8, 4) is 0 Å². The van der Waals surface area contributed by atoms with Crippen molar-refractivity contribution in [3.05, 3.63) is 30.2 Å². The number of nitrogens with one attached hydrogen (secondary N) is 3. The topological polar surface area (TPSA) is 95.7 Å². The third-order valence-electron chi connectivity index (χ3n) is 3.26. The highest BCUT2D eigenvalue weighted by Gasteiger charge is 2.13. The number of pyridine rings is 1. The number of aromatic nitrogens is 3. The zero-order valence-corrected chi connectivity index (χ0v) is 18.1. The van der Waals surface area contributed by atoms with E-state index >= 15 is 0 Å². The molecule has 0 aliphatic carbocycles. The molecule has 0 radical (unpaired) electrons. The summed E-state index contributed by atoms with van der Waals surface area (Å²) in [5.41, 5.74) is 0.574. The highest BCUT2D eigenvalue weighted by atomic mass is 127. The summed E-state index contributed by atoms with van der Waals surface area (Å²) in [5, 5.41) is 17.6. The molecular formula is C17H28IN7O. The van der Waals surface area contributed by atoms with Crippen LogP contribution in [0.1, 0.15) is 33.5 Å². The largest absolute Gasteiger partial charge is 0.357 e. The Balaban J connectivity index is 0.00000338. The first-order valence-electron chi connectivity index (χ1n) is 8.51. The first kappa shape index (κ1) is 22.1. The fourth-order valence-corrected chi connectivity index (χ4v) is 2.30. The molecule has 0 saturated carbocycles. The Labute approximate surface area is 171 Å². The van der Waals surface area contributed by atoms with Gasteiger partial charge in [-0.3, -0.25) is 9.20 Å². The van der Waals surface area contributed by atoms with Gasteiger partial charge in [0, 0.05) is 31.2 Å². The number of fused-ring (bicyclic) bond motifs is 1. The molecule has 0 aliphatic rings. The summed E-state index contributed by atoms with van der Waals surface area (Å²) in [7, 11) is 0. The lowest BCUT2D eigenvalue weighted by Crippen LogP contribution is -2.43. The van der Waals surface area contributed by atoms with Crippen LogP contribution in [0.25, 0.3) is 5.65 Å². The van der Waals surface area contributed by atoms with E-state index in [1.54, 1.807) is 0 Å². The third-order valence-corrected chi connectivity index (χ3v) is 3.26. The van der Waals surface area contributed by atoms with E-state index in [1.807, 2.05) is 56.5 Å². The summed E-state index contributed by atoms with van der Waals surface area (Å²) in [6.07, 6.45) is 2.64. The fourth-order valence-electron chi connectivity index (χ4n) is 2.30. The molecule has 0 unspecified atom stereocenters. The van der Waals surface area contributed by atoms with E-state index in [0.717, 1.165) is 18.0 Å². The number of guanidine groups is 1. The summed E-state index contributed by atoms with van der Waals surface area (Å²) in [5.74, 6) is 1.39. The Bertz CT molecular complexity index is 736. The van der Waals surface area contributed by atoms with Gasteiger partial charge in [0.05, 0.1) is 0 Å². The second kappa shape index (κ2) is 10.3. The van der Waals surface area contributed by atoms with Crippen LogP contribution in [0.15, 0.2) is 29.4 Å². The number of nitrogens with zero attached hydrogens (tertiary/aromatic N) is 4. The molecule has 1 amide bonds. The van der Waals surface area contributed by atoms with E-state index in [0.29, 0.717) is 18.9 Å². The van der Waals surface area contributed by atoms with E-state index in [1.165, 1.54) is 0 Å². The van der Waals surface area contributed by atoms with Crippen LogP contribution in [0, 0.1) is 0 Å². The fraction of sp³-hybridized carbons (Fsp3) is 0.529. The second-order valence-corrected chi connectivity index (χ2v) is 6.72. The van der Waals surface area contributed by atoms with Crippen LogP contribution in [-0.2, 0) is 11.2 Å². The highest BCUT2D eigenvalue weighted by Crippen LogP contribution is 2.02. The predicted molar refractivity (Wildman–Crippen MR) is 114 cm³/mol. The van der Waals surface area contributed by atoms with Crippen LogP contribution in [0.2, 0.25) is 0 Å². The Hall–Kier alpha value is -1.91. The molecule has 0 saturated heterocycles. The molecule has 2 aromatic heterocycles. The van der Waals surface area contributed by atoms with Crippen LogP contribution in [0.3, 0.4) is 0 Å². The molecule has 2 aromatic rings. The number of carbonyl (C=O) groups excluding carboxylic acids is 1. The van der Waals surface area contributed by atoms with E-state index in [-0.39, 0.29) is 42.0 Å². The zero-order chi connectivity index (χ0) is 18.3. The summed E-state index contributed by atoms with van der Waals surface area (Å²) in [6.45, 7) is 9.27. The van der Waals surface area contributed by atoms with Gasteiger partial charge in [0.2, 0.25) is 5.91 Å². The Morgan fingerprint density at radius 1 is 1.23 bits per heavy atom. The maximum Gasteiger partial charge on any atom is 0.242 e. The van der Waals surface area contributed by atoms with Gasteiger partial charge in [-0.05, 0) is 39.8 Å². The number of hydrogen-bond acceptors (Lipinski definition) is 4. The predicted octanol–water partition coefficient (Wildman–Crippen LogP) is 1.36. The normalized spacial score (nSPS) is 11.8. The molecule has 2 heterocycles. The van der Waals surface area contributed by atoms with Crippen molar-refractivity contribution in [2.75, 3.05) is 19.6 Å². The number of amides is 1. The molecule has 2 rings (SSSR count). The van der Waals surface area contributed by atoms with Crippen LogP contribution >= 0.6 is 24.0 Å². The molecule has 0 bridgehead atoms. The van der Waals surface area contributed by atoms with Crippen LogP contribution < -0.4 is 16.0 Å². The second-order valence-electron chi connectivity index (χ2n) is 6.72. The molecule has 0 aliphatic heterocycles. The van der Waals surface area contributed by atoms with E-state index in [9.17, 15) is 4.79 Å². The van der Waals surface area contributed by atoms with Gasteiger partial charge in [0.15, 0.2) is 11.6 Å². The van der Waals surface area contributed by atoms with Crippen molar-refractivity contribution in [1.82, 2.24) is 30.5 Å². The number of hydrogen-bond donors (Lipinski definition) is 3. The van der Waals surface area contributed by atoms with Crippen molar-refractivity contribution in [3.63, 3.8) is 0 Å². The van der Waals surface area contributed by atoms with Crippen LogP contribution in [0.4, 0.5) is 0 Å². The Morgan fingerprint density at radius 3 is 2.69 bits per heavy atom. The molecule has 3 N–H and O–H groups in total. The van der Waals surface area contributed by atoms with Crippen molar-refractivity contribution < 1.29 is 4.79 Å². The van der Waals surface area contributed by atoms with E-state index in [2.05, 4.69) is 31.1 Å². The smallest absolute Gasteiger partial charge is 0.242 e. The summed E-state index contributed by atoms with van der Waals surface area (Å²) in [4.78, 5) is 16.2. The van der Waals surface area contributed by atoms with Gasteiger partial charge in [-0.1, -0.05) is 6.07 Å². The standard InChI is InChI=1S/C17H27N7O.HI/c1-5-18-16(20-12-15(25)21-17(2,3)4)19-10-9-14-23-22-13-8-6-7-11-24(13)14;/h6-8,11H,5,9-10,12H2,1-4H3,(H,21,25)(H2,18,19,20);1H. The average Bonchev–Trinajstić information content (AvgIpc) is 2.94. The maximum atomic E-state index is 11.9. The Kier molecular flexibility index (Phi) is 8.76. The molecule has 0 fully saturated rings. The van der Waals surface area contributed by atoms with Crippen LogP contribution in [0.5, 0.6) is 0 Å². The van der Waals surface area contributed by atoms with Gasteiger partial charge in [-0.25, -0.2) is 4.99 Å². The first-order chi connectivity index (χ1) is 11.9. The van der Waals surface area contributed by atoms with Crippen LogP contribution in [-0.4, -0.2) is 51.6 Å². The van der Waals surface area contributed by atoms with Gasteiger partial charge < -0.3 is 16.0 Å². The average molecular weight is 473 g/mol. The van der Waals surface area contributed by atoms with E-state index in [4.69, 9.17) is 0 Å². The van der Waals surface area contributed by atoms with Crippen molar-refractivity contribution in [2.45, 2.75) is 39.7 Å². The lowest BCUT2D eigenvalue weighted by molar-refractivity contribution is -0.121. The van der Waals surface area contributed by atoms with Crippen molar-refractivity contribution in [1.29, 1.82) is 0 Å². The quantitative estimate of drug-likeness (QED) is 0.335. The molecule has 0 aromatic carbocycles. The highest BCUT2D eigenvalue weighted by molar-refractivity contribution is 14.0. The van der Waals surface area contributed by atoms with Gasteiger partial charge in [-0.2, -0.15) is 0 Å². The minimum absolute atomic E-state index is 0. The lowest BCUT2D eigenvalue weighted by Gasteiger charge is -2.20. The molecule has 8 nitrogen and oxygen atoms in total. The molecule has 0 atom stereocenters. The van der Waals surface area contributed by atoms with Gasteiger partial charge in [0.1, 0.15) is 12.4 Å². The zero-order valence-electron chi connectivity index (χ0n) is 15.7. The van der Waals surface area contributed by atoms with Gasteiger partial charge in [0.25, 0.3) is 0 Å². The molecule has 0 spiro atoms. The van der Waals surface area contributed by atoms with Gasteiger partial charge >= 0.3 is 0 Å². The molecule has 144 valence electrons. The summed E-state index contributed by atoms with van der Waals surface area (Å²) < 4.78 is 1.96. The number of rotatable bonds is 6. The number of carbonyl (C=O) groups is 1. The Morgan fingerprint density at radius 2 is 2.00 bits per heavy atom. The maximum absolute atomic E-state index is 11.9. The van der Waals surface area contributed by atoms with E-state index < -0.39 is 0 Å². The monoisotopic (exact) mass is 473 g/mol. The minimum Gasteiger partial charge on any atom is -0.357 e. The first-order valence-corrected chi connectivity index (χ1v) is 8.51.